The van der Waals surface area contributed by atoms with E-state index in [1.165, 1.54) is 0 Å². The highest BCUT2D eigenvalue weighted by Gasteiger charge is 2.38. The van der Waals surface area contributed by atoms with Crippen LogP contribution in [-0.2, 0) is 9.53 Å². The summed E-state index contributed by atoms with van der Waals surface area (Å²) in [7, 11) is 0. The van der Waals surface area contributed by atoms with Crippen LogP contribution < -0.4 is 0 Å². The summed E-state index contributed by atoms with van der Waals surface area (Å²) in [6, 6.07) is 3.67. The molecule has 2 nitrogen and oxygen atoms in total. The maximum atomic E-state index is 14.8. The van der Waals surface area contributed by atoms with Crippen molar-refractivity contribution in [3.05, 3.63) is 34.9 Å². The average Bonchev–Trinajstić information content (AvgIpc) is 2.63. The van der Waals surface area contributed by atoms with E-state index in [0.717, 1.165) is 51.4 Å². The SMILES string of the molecule is CC1CCC(c2ccc(C3CCC(C4CC(=O)O4)CC3)c(F)c2F)CC1. The summed E-state index contributed by atoms with van der Waals surface area (Å²) >= 11 is 0. The van der Waals surface area contributed by atoms with Gasteiger partial charge < -0.3 is 4.74 Å². The molecular weight excluding hydrogens is 334 g/mol. The lowest BCUT2D eigenvalue weighted by Gasteiger charge is -2.37. The fraction of sp³-hybridized carbons (Fsp3) is 0.682. The van der Waals surface area contributed by atoms with Crippen LogP contribution in [0.15, 0.2) is 12.1 Å². The lowest BCUT2D eigenvalue weighted by molar-refractivity contribution is -0.176. The molecule has 1 aromatic rings. The van der Waals surface area contributed by atoms with Crippen LogP contribution in [0.5, 0.6) is 0 Å². The molecule has 3 aliphatic rings. The number of ether oxygens (including phenoxy) is 1. The lowest BCUT2D eigenvalue weighted by Crippen LogP contribution is -2.40. The van der Waals surface area contributed by atoms with Gasteiger partial charge in [0, 0.05) is 0 Å². The molecule has 0 aromatic heterocycles. The molecule has 26 heavy (non-hydrogen) atoms. The van der Waals surface area contributed by atoms with Crippen LogP contribution in [0.4, 0.5) is 8.78 Å². The molecule has 0 N–H and O–H groups in total. The summed E-state index contributed by atoms with van der Waals surface area (Å²) in [6.45, 7) is 2.23. The van der Waals surface area contributed by atoms with Crippen molar-refractivity contribution >= 4 is 5.97 Å². The van der Waals surface area contributed by atoms with Gasteiger partial charge in [0.25, 0.3) is 0 Å². The van der Waals surface area contributed by atoms with Gasteiger partial charge in [0.2, 0.25) is 0 Å². The van der Waals surface area contributed by atoms with Crippen molar-refractivity contribution in [3.63, 3.8) is 0 Å². The van der Waals surface area contributed by atoms with E-state index in [9.17, 15) is 13.6 Å². The van der Waals surface area contributed by atoms with E-state index in [2.05, 4.69) is 6.92 Å². The second-order valence-electron chi connectivity index (χ2n) is 8.67. The molecule has 1 saturated heterocycles. The zero-order valence-corrected chi connectivity index (χ0v) is 15.5. The summed E-state index contributed by atoms with van der Waals surface area (Å²) in [5.74, 6) is -0.0191. The maximum Gasteiger partial charge on any atom is 0.309 e. The zero-order valence-electron chi connectivity index (χ0n) is 15.5. The fourth-order valence-electron chi connectivity index (χ4n) is 5.17. The fourth-order valence-corrected chi connectivity index (χ4v) is 5.17. The van der Waals surface area contributed by atoms with Gasteiger partial charge in [0.1, 0.15) is 6.10 Å². The minimum atomic E-state index is -0.625. The minimum Gasteiger partial charge on any atom is -0.461 e. The van der Waals surface area contributed by atoms with E-state index >= 15 is 0 Å². The maximum absolute atomic E-state index is 14.8. The molecular formula is C22H28F2O2. The Morgan fingerprint density at radius 2 is 1.31 bits per heavy atom. The number of cyclic esters (lactones) is 1. The third-order valence-corrected chi connectivity index (χ3v) is 6.99. The van der Waals surface area contributed by atoms with E-state index < -0.39 is 11.6 Å². The first kappa shape index (κ1) is 17.9. The van der Waals surface area contributed by atoms with Gasteiger partial charge in [-0.25, -0.2) is 8.78 Å². The number of hydrogen-bond donors (Lipinski definition) is 0. The molecule has 4 heteroatoms. The van der Waals surface area contributed by atoms with Gasteiger partial charge in [-0.2, -0.15) is 0 Å². The first-order chi connectivity index (χ1) is 12.5. The third-order valence-electron chi connectivity index (χ3n) is 6.99. The molecule has 142 valence electrons. The normalized spacial score (nSPS) is 34.9. The molecule has 1 aromatic carbocycles. The number of halogens is 2. The van der Waals surface area contributed by atoms with Crippen molar-refractivity contribution in [1.29, 1.82) is 0 Å². The third kappa shape index (κ3) is 3.39. The molecule has 0 amide bonds. The molecule has 1 aliphatic heterocycles. The van der Waals surface area contributed by atoms with E-state index in [1.54, 1.807) is 0 Å². The van der Waals surface area contributed by atoms with Crippen LogP contribution in [0.3, 0.4) is 0 Å². The van der Waals surface area contributed by atoms with Crippen molar-refractivity contribution in [2.75, 3.05) is 0 Å². The highest BCUT2D eigenvalue weighted by atomic mass is 19.2. The van der Waals surface area contributed by atoms with Crippen molar-refractivity contribution in [1.82, 2.24) is 0 Å². The van der Waals surface area contributed by atoms with Gasteiger partial charge in [0.15, 0.2) is 11.6 Å². The molecule has 2 saturated carbocycles. The van der Waals surface area contributed by atoms with Gasteiger partial charge >= 0.3 is 5.97 Å². The number of esters is 1. The Balaban J connectivity index is 1.43. The Morgan fingerprint density at radius 1 is 0.846 bits per heavy atom. The number of rotatable bonds is 3. The molecule has 4 rings (SSSR count). The Bertz CT molecular complexity index is 663. The summed E-state index contributed by atoms with van der Waals surface area (Å²) < 4.78 is 34.8. The van der Waals surface area contributed by atoms with Crippen molar-refractivity contribution in [2.24, 2.45) is 11.8 Å². The van der Waals surface area contributed by atoms with Crippen LogP contribution in [0.25, 0.3) is 0 Å². The second-order valence-corrected chi connectivity index (χ2v) is 8.67. The van der Waals surface area contributed by atoms with Gasteiger partial charge in [-0.3, -0.25) is 4.79 Å². The van der Waals surface area contributed by atoms with Gasteiger partial charge in [-0.1, -0.05) is 31.9 Å². The smallest absolute Gasteiger partial charge is 0.309 e. The highest BCUT2D eigenvalue weighted by molar-refractivity contribution is 5.75. The Kier molecular flexibility index (Phi) is 5.02. The van der Waals surface area contributed by atoms with Gasteiger partial charge in [-0.05, 0) is 73.3 Å². The van der Waals surface area contributed by atoms with Crippen LogP contribution in [0.2, 0.25) is 0 Å². The Morgan fingerprint density at radius 3 is 1.77 bits per heavy atom. The van der Waals surface area contributed by atoms with Crippen LogP contribution in [0.1, 0.15) is 87.7 Å². The van der Waals surface area contributed by atoms with Crippen molar-refractivity contribution in [2.45, 2.75) is 82.7 Å². The number of benzene rings is 1. The summed E-state index contributed by atoms with van der Waals surface area (Å²) in [4.78, 5) is 11.0. The summed E-state index contributed by atoms with van der Waals surface area (Å²) in [5.41, 5.74) is 1.12. The molecule has 1 atom stereocenters. The number of carbonyl (C=O) groups is 1. The Labute approximate surface area is 154 Å². The molecule has 0 radical (unpaired) electrons. The molecule has 3 fully saturated rings. The minimum absolute atomic E-state index is 0.0566. The monoisotopic (exact) mass is 362 g/mol. The van der Waals surface area contributed by atoms with Gasteiger partial charge in [-0.15, -0.1) is 0 Å². The first-order valence-corrected chi connectivity index (χ1v) is 10.2. The predicted octanol–water partition coefficient (Wildman–Crippen LogP) is 5.85. The summed E-state index contributed by atoms with van der Waals surface area (Å²) in [6.07, 6.45) is 8.23. The molecule has 1 heterocycles. The first-order valence-electron chi connectivity index (χ1n) is 10.2. The van der Waals surface area contributed by atoms with Crippen molar-refractivity contribution < 1.29 is 18.3 Å². The standard InChI is InChI=1S/C22H28F2O2/c1-13-2-4-14(5-3-13)17-10-11-18(22(24)21(17)23)15-6-8-16(9-7-15)19-12-20(25)26-19/h10-11,13-16,19H,2-9,12H2,1H3. The van der Waals surface area contributed by atoms with Crippen LogP contribution >= 0.6 is 0 Å². The Hall–Kier alpha value is -1.45. The quantitative estimate of drug-likeness (QED) is 0.631. The second kappa shape index (κ2) is 7.28. The molecule has 2 aliphatic carbocycles. The molecule has 1 unspecified atom stereocenters. The summed E-state index contributed by atoms with van der Waals surface area (Å²) in [5, 5.41) is 0. The van der Waals surface area contributed by atoms with E-state index in [1.807, 2.05) is 12.1 Å². The van der Waals surface area contributed by atoms with E-state index in [4.69, 9.17) is 4.74 Å². The van der Waals surface area contributed by atoms with Crippen LogP contribution in [0, 0.1) is 23.5 Å². The molecule has 0 spiro atoms. The number of hydrogen-bond acceptors (Lipinski definition) is 2. The average molecular weight is 362 g/mol. The topological polar surface area (TPSA) is 26.3 Å². The van der Waals surface area contributed by atoms with E-state index in [-0.39, 0.29) is 23.9 Å². The number of carbonyl (C=O) groups excluding carboxylic acids is 1. The van der Waals surface area contributed by atoms with Gasteiger partial charge in [0.05, 0.1) is 6.42 Å². The van der Waals surface area contributed by atoms with Crippen LogP contribution in [-0.4, -0.2) is 12.1 Å². The van der Waals surface area contributed by atoms with E-state index in [0.29, 0.717) is 29.4 Å². The highest BCUT2D eigenvalue weighted by Crippen LogP contribution is 2.43. The van der Waals surface area contributed by atoms with Crippen molar-refractivity contribution in [3.8, 4) is 0 Å². The zero-order chi connectivity index (χ0) is 18.3. The lowest BCUT2D eigenvalue weighted by atomic mass is 9.74. The predicted molar refractivity (Wildman–Crippen MR) is 95.9 cm³/mol. The largest absolute Gasteiger partial charge is 0.461 e. The molecule has 0 bridgehead atoms.